The molecular formula is C20H23NO2. The third kappa shape index (κ3) is 3.55. The molecule has 0 N–H and O–H groups in total. The number of rotatable bonds is 1. The van der Waals surface area contributed by atoms with Gasteiger partial charge in [-0.2, -0.15) is 0 Å². The first-order valence-electron chi connectivity index (χ1n) is 8.09. The molecule has 3 heteroatoms. The predicted octanol–water partition coefficient (Wildman–Crippen LogP) is 4.86. The van der Waals surface area contributed by atoms with Gasteiger partial charge < -0.3 is 9.64 Å². The largest absolute Gasteiger partial charge is 0.444 e. The number of hydrogen-bond acceptors (Lipinski definition) is 2. The fourth-order valence-corrected chi connectivity index (χ4v) is 2.93. The van der Waals surface area contributed by atoms with E-state index >= 15 is 0 Å². The average Bonchev–Trinajstić information content (AvgIpc) is 2.53. The Morgan fingerprint density at radius 2 is 1.83 bits per heavy atom. The van der Waals surface area contributed by atoms with Gasteiger partial charge >= 0.3 is 6.09 Å². The molecule has 0 radical (unpaired) electrons. The second kappa shape index (κ2) is 6.07. The van der Waals surface area contributed by atoms with Crippen LogP contribution in [0.4, 0.5) is 4.79 Å². The Labute approximate surface area is 137 Å². The minimum Gasteiger partial charge on any atom is -0.444 e. The molecule has 120 valence electrons. The van der Waals surface area contributed by atoms with Gasteiger partial charge in [-0.1, -0.05) is 48.5 Å². The average molecular weight is 309 g/mol. The Hall–Kier alpha value is -2.29. The second-order valence-electron chi connectivity index (χ2n) is 6.95. The quantitative estimate of drug-likeness (QED) is 0.752. The van der Waals surface area contributed by atoms with Crippen molar-refractivity contribution < 1.29 is 9.53 Å². The Balaban J connectivity index is 1.86. The lowest BCUT2D eigenvalue weighted by Crippen LogP contribution is -2.39. The van der Waals surface area contributed by atoms with E-state index in [1.165, 1.54) is 21.9 Å². The molecule has 0 aromatic heterocycles. The summed E-state index contributed by atoms with van der Waals surface area (Å²) in [6.07, 6.45) is 2.86. The van der Waals surface area contributed by atoms with Crippen molar-refractivity contribution in [3.05, 3.63) is 54.1 Å². The van der Waals surface area contributed by atoms with Gasteiger partial charge in [0.25, 0.3) is 0 Å². The van der Waals surface area contributed by atoms with Crippen LogP contribution in [0.15, 0.2) is 48.5 Å². The molecule has 2 aromatic carbocycles. The summed E-state index contributed by atoms with van der Waals surface area (Å²) in [6, 6.07) is 14.7. The van der Waals surface area contributed by atoms with Crippen molar-refractivity contribution in [2.24, 2.45) is 0 Å². The topological polar surface area (TPSA) is 29.5 Å². The maximum absolute atomic E-state index is 12.3. The number of hydrogen-bond donors (Lipinski definition) is 0. The summed E-state index contributed by atoms with van der Waals surface area (Å²) >= 11 is 0. The minimum absolute atomic E-state index is 0.233. The van der Waals surface area contributed by atoms with E-state index in [2.05, 4.69) is 42.5 Å². The van der Waals surface area contributed by atoms with Crippen molar-refractivity contribution in [3.8, 4) is 0 Å². The molecule has 0 unspecified atom stereocenters. The van der Waals surface area contributed by atoms with Crippen molar-refractivity contribution in [2.45, 2.75) is 32.8 Å². The standard InChI is InChI=1S/C20H23NO2/c1-20(2,3)23-19(22)21-13-7-10-16(14-21)18-12-6-9-15-8-4-5-11-17(15)18/h4-6,8-12H,7,13-14H2,1-3H3. The van der Waals surface area contributed by atoms with E-state index < -0.39 is 5.60 Å². The summed E-state index contributed by atoms with van der Waals surface area (Å²) in [6.45, 7) is 7.01. The van der Waals surface area contributed by atoms with Crippen molar-refractivity contribution in [3.63, 3.8) is 0 Å². The van der Waals surface area contributed by atoms with Gasteiger partial charge in [0.15, 0.2) is 0 Å². The molecule has 2 aromatic rings. The second-order valence-corrected chi connectivity index (χ2v) is 6.95. The van der Waals surface area contributed by atoms with Gasteiger partial charge in [-0.3, -0.25) is 0 Å². The van der Waals surface area contributed by atoms with E-state index in [0.29, 0.717) is 13.1 Å². The number of ether oxygens (including phenoxy) is 1. The molecule has 1 amide bonds. The summed E-state index contributed by atoms with van der Waals surface area (Å²) in [5.74, 6) is 0. The van der Waals surface area contributed by atoms with Crippen molar-refractivity contribution in [1.29, 1.82) is 0 Å². The third-order valence-electron chi connectivity index (χ3n) is 3.94. The Kier molecular flexibility index (Phi) is 4.12. The summed E-state index contributed by atoms with van der Waals surface area (Å²) in [7, 11) is 0. The number of benzene rings is 2. The highest BCUT2D eigenvalue weighted by Crippen LogP contribution is 2.28. The first-order valence-corrected chi connectivity index (χ1v) is 8.09. The summed E-state index contributed by atoms with van der Waals surface area (Å²) < 4.78 is 5.51. The number of carbonyl (C=O) groups excluding carboxylic acids is 1. The molecule has 0 aliphatic carbocycles. The number of amides is 1. The first-order chi connectivity index (χ1) is 10.9. The lowest BCUT2D eigenvalue weighted by molar-refractivity contribution is 0.0273. The fourth-order valence-electron chi connectivity index (χ4n) is 2.93. The van der Waals surface area contributed by atoms with Gasteiger partial charge in [-0.05, 0) is 49.1 Å². The van der Waals surface area contributed by atoms with Crippen molar-refractivity contribution in [2.75, 3.05) is 13.1 Å². The molecule has 0 bridgehead atoms. The van der Waals surface area contributed by atoms with Crippen LogP contribution in [0.5, 0.6) is 0 Å². The van der Waals surface area contributed by atoms with Crippen LogP contribution in [0.3, 0.4) is 0 Å². The van der Waals surface area contributed by atoms with E-state index in [4.69, 9.17) is 4.74 Å². The van der Waals surface area contributed by atoms with Crippen LogP contribution in [-0.2, 0) is 4.74 Å². The number of carbonyl (C=O) groups is 1. The first kappa shape index (κ1) is 15.6. The van der Waals surface area contributed by atoms with Crippen LogP contribution >= 0.6 is 0 Å². The minimum atomic E-state index is -0.460. The van der Waals surface area contributed by atoms with Crippen LogP contribution in [-0.4, -0.2) is 29.7 Å². The van der Waals surface area contributed by atoms with Gasteiger partial charge in [-0.25, -0.2) is 4.79 Å². The van der Waals surface area contributed by atoms with Gasteiger partial charge in [0.1, 0.15) is 5.60 Å². The summed E-state index contributed by atoms with van der Waals surface area (Å²) in [4.78, 5) is 14.1. The Morgan fingerprint density at radius 3 is 2.61 bits per heavy atom. The summed E-state index contributed by atoms with van der Waals surface area (Å²) in [5.41, 5.74) is 1.94. The van der Waals surface area contributed by atoms with E-state index in [-0.39, 0.29) is 6.09 Å². The van der Waals surface area contributed by atoms with Gasteiger partial charge in [0, 0.05) is 13.1 Å². The van der Waals surface area contributed by atoms with Crippen LogP contribution < -0.4 is 0 Å². The molecule has 1 heterocycles. The van der Waals surface area contributed by atoms with Crippen LogP contribution in [0.2, 0.25) is 0 Å². The van der Waals surface area contributed by atoms with Crippen molar-refractivity contribution >= 4 is 22.4 Å². The lowest BCUT2D eigenvalue weighted by Gasteiger charge is -2.30. The number of nitrogens with zero attached hydrogens (tertiary/aromatic N) is 1. The van der Waals surface area contributed by atoms with Gasteiger partial charge in [0.2, 0.25) is 0 Å². The summed E-state index contributed by atoms with van der Waals surface area (Å²) in [5, 5.41) is 2.45. The zero-order valence-corrected chi connectivity index (χ0v) is 14.0. The lowest BCUT2D eigenvalue weighted by atomic mass is 9.95. The molecule has 0 saturated carbocycles. The van der Waals surface area contributed by atoms with E-state index in [1.807, 2.05) is 26.8 Å². The van der Waals surface area contributed by atoms with Gasteiger partial charge in [0.05, 0.1) is 0 Å². The highest BCUT2D eigenvalue weighted by atomic mass is 16.6. The maximum Gasteiger partial charge on any atom is 0.410 e. The molecule has 0 atom stereocenters. The maximum atomic E-state index is 12.3. The third-order valence-corrected chi connectivity index (χ3v) is 3.94. The van der Waals surface area contributed by atoms with Crippen molar-refractivity contribution in [1.82, 2.24) is 4.90 Å². The molecule has 23 heavy (non-hydrogen) atoms. The molecule has 3 rings (SSSR count). The van der Waals surface area contributed by atoms with Gasteiger partial charge in [-0.15, -0.1) is 0 Å². The Bertz CT molecular complexity index is 750. The van der Waals surface area contributed by atoms with Crippen LogP contribution in [0.25, 0.3) is 16.3 Å². The highest BCUT2D eigenvalue weighted by Gasteiger charge is 2.25. The molecule has 0 saturated heterocycles. The van der Waals surface area contributed by atoms with Crippen LogP contribution in [0, 0.1) is 0 Å². The van der Waals surface area contributed by atoms with Crippen LogP contribution in [0.1, 0.15) is 32.8 Å². The Morgan fingerprint density at radius 1 is 1.09 bits per heavy atom. The normalized spacial score (nSPS) is 15.4. The molecule has 1 aliphatic heterocycles. The molecule has 0 fully saturated rings. The smallest absolute Gasteiger partial charge is 0.410 e. The molecule has 1 aliphatic rings. The SMILES string of the molecule is CC(C)(C)OC(=O)N1CCC=C(c2cccc3ccccc23)C1. The zero-order valence-electron chi connectivity index (χ0n) is 14.0. The molecule has 3 nitrogen and oxygen atoms in total. The molecular weight excluding hydrogens is 286 g/mol. The number of fused-ring (bicyclic) bond motifs is 1. The van der Waals surface area contributed by atoms with E-state index in [9.17, 15) is 4.79 Å². The fraction of sp³-hybridized carbons (Fsp3) is 0.350. The monoisotopic (exact) mass is 309 g/mol. The highest BCUT2D eigenvalue weighted by molar-refractivity contribution is 5.94. The van der Waals surface area contributed by atoms with E-state index in [1.54, 1.807) is 4.90 Å². The predicted molar refractivity (Wildman–Crippen MR) is 94.3 cm³/mol. The van der Waals surface area contributed by atoms with E-state index in [0.717, 1.165) is 6.42 Å². The molecule has 0 spiro atoms. The zero-order chi connectivity index (χ0) is 16.4.